The third-order valence-corrected chi connectivity index (χ3v) is 4.22. The van der Waals surface area contributed by atoms with Crippen molar-refractivity contribution in [2.45, 2.75) is 0 Å². The molecule has 0 radical (unpaired) electrons. The molecular weight excluding hydrogens is 320 g/mol. The van der Waals surface area contributed by atoms with Crippen LogP contribution in [0, 0.1) is 5.92 Å². The quantitative estimate of drug-likeness (QED) is 0.884. The van der Waals surface area contributed by atoms with Gasteiger partial charge in [-0.2, -0.15) is 0 Å². The number of carbonyl (C=O) groups excluding carboxylic acids is 1. The van der Waals surface area contributed by atoms with E-state index in [1.54, 1.807) is 23.8 Å². The van der Waals surface area contributed by atoms with Crippen LogP contribution in [0.1, 0.15) is 10.5 Å². The minimum Gasteiger partial charge on any atom is -0.481 e. The molecule has 1 aliphatic heterocycles. The number of aromatic nitrogens is 3. The summed E-state index contributed by atoms with van der Waals surface area (Å²) in [7, 11) is 0. The number of hydrogen-bond donors (Lipinski definition) is 1. The molecule has 2 aromatic rings. The number of rotatable bonds is 3. The van der Waals surface area contributed by atoms with Crippen LogP contribution in [0.4, 0.5) is 0 Å². The van der Waals surface area contributed by atoms with E-state index in [0.29, 0.717) is 24.0 Å². The lowest BCUT2D eigenvalue weighted by atomic mass is 10.1. The third-order valence-electron chi connectivity index (χ3n) is 3.38. The summed E-state index contributed by atoms with van der Waals surface area (Å²) < 4.78 is 5.25. The molecule has 1 aliphatic rings. The molecular formula is C14H14N4O4S. The Hall–Kier alpha value is -2.39. The monoisotopic (exact) mass is 334 g/mol. The van der Waals surface area contributed by atoms with Gasteiger partial charge in [-0.15, -0.1) is 11.3 Å². The Balaban J connectivity index is 1.77. The molecule has 1 fully saturated rings. The van der Waals surface area contributed by atoms with Gasteiger partial charge in [-0.1, -0.05) is 0 Å². The van der Waals surface area contributed by atoms with Gasteiger partial charge in [0.1, 0.15) is 5.69 Å². The van der Waals surface area contributed by atoms with Crippen molar-refractivity contribution < 1.29 is 19.4 Å². The van der Waals surface area contributed by atoms with Gasteiger partial charge < -0.3 is 14.7 Å². The lowest BCUT2D eigenvalue weighted by Crippen LogP contribution is -2.38. The second kappa shape index (κ2) is 6.80. The molecule has 0 bridgehead atoms. The molecule has 23 heavy (non-hydrogen) atoms. The molecule has 1 N–H and O–H groups in total. The molecule has 3 rings (SSSR count). The third kappa shape index (κ3) is 3.51. The van der Waals surface area contributed by atoms with Gasteiger partial charge in [0.05, 0.1) is 19.1 Å². The fraction of sp³-hybridized carbons (Fsp3) is 0.357. The van der Waals surface area contributed by atoms with E-state index in [9.17, 15) is 9.59 Å². The summed E-state index contributed by atoms with van der Waals surface area (Å²) in [6.45, 7) is 0.883. The Morgan fingerprint density at radius 3 is 2.87 bits per heavy atom. The Labute approximate surface area is 135 Å². The zero-order valence-corrected chi connectivity index (χ0v) is 12.9. The summed E-state index contributed by atoms with van der Waals surface area (Å²) in [6.07, 6.45) is 3.21. The van der Waals surface area contributed by atoms with Gasteiger partial charge in [-0.05, 0) is 6.07 Å². The Morgan fingerprint density at radius 1 is 1.35 bits per heavy atom. The maximum Gasteiger partial charge on any atom is 0.310 e. The number of ether oxygens (including phenoxy) is 1. The van der Waals surface area contributed by atoms with Gasteiger partial charge in [-0.25, -0.2) is 15.0 Å². The van der Waals surface area contributed by atoms with Crippen molar-refractivity contribution in [3.05, 3.63) is 29.5 Å². The van der Waals surface area contributed by atoms with Crippen molar-refractivity contribution in [3.8, 4) is 10.8 Å². The van der Waals surface area contributed by atoms with E-state index in [2.05, 4.69) is 15.0 Å². The van der Waals surface area contributed by atoms with E-state index in [-0.39, 0.29) is 24.8 Å². The van der Waals surface area contributed by atoms with Crippen LogP contribution in [-0.2, 0) is 9.53 Å². The molecule has 0 saturated carbocycles. The summed E-state index contributed by atoms with van der Waals surface area (Å²) in [5.74, 6) is -1.54. The highest BCUT2D eigenvalue weighted by Gasteiger charge is 2.28. The van der Waals surface area contributed by atoms with Crippen LogP contribution in [0.5, 0.6) is 0 Å². The summed E-state index contributed by atoms with van der Waals surface area (Å²) >= 11 is 1.28. The number of carboxylic acids is 1. The maximum absolute atomic E-state index is 12.5. The summed E-state index contributed by atoms with van der Waals surface area (Å²) in [6, 6.07) is 1.70. The van der Waals surface area contributed by atoms with Crippen molar-refractivity contribution in [1.29, 1.82) is 0 Å². The van der Waals surface area contributed by atoms with E-state index >= 15 is 0 Å². The number of amides is 1. The van der Waals surface area contributed by atoms with Gasteiger partial charge in [0, 0.05) is 30.9 Å². The minimum atomic E-state index is -0.971. The number of thiazole rings is 1. The van der Waals surface area contributed by atoms with Crippen LogP contribution in [0.3, 0.4) is 0 Å². The second-order valence-corrected chi connectivity index (χ2v) is 5.83. The molecule has 1 unspecified atom stereocenters. The predicted octanol–water partition coefficient (Wildman–Crippen LogP) is 0.773. The molecule has 3 heterocycles. The molecule has 2 aromatic heterocycles. The molecule has 1 amide bonds. The first-order valence-electron chi connectivity index (χ1n) is 6.98. The molecule has 9 heteroatoms. The number of hydrogen-bond acceptors (Lipinski definition) is 7. The first-order valence-corrected chi connectivity index (χ1v) is 7.86. The van der Waals surface area contributed by atoms with E-state index in [4.69, 9.17) is 9.84 Å². The summed E-state index contributed by atoms with van der Waals surface area (Å²) in [4.78, 5) is 37.6. The minimum absolute atomic E-state index is 0.110. The zero-order chi connectivity index (χ0) is 16.2. The van der Waals surface area contributed by atoms with Gasteiger partial charge in [-0.3, -0.25) is 9.59 Å². The van der Waals surface area contributed by atoms with E-state index in [0.717, 1.165) is 0 Å². The summed E-state index contributed by atoms with van der Waals surface area (Å²) in [5.41, 5.74) is 0.267. The average molecular weight is 334 g/mol. The average Bonchev–Trinajstić information content (AvgIpc) is 2.92. The van der Waals surface area contributed by atoms with Crippen molar-refractivity contribution in [2.75, 3.05) is 26.3 Å². The first-order chi connectivity index (χ1) is 11.1. The molecule has 0 aromatic carbocycles. The van der Waals surface area contributed by atoms with Gasteiger partial charge >= 0.3 is 5.97 Å². The molecule has 1 atom stereocenters. The largest absolute Gasteiger partial charge is 0.481 e. The molecule has 8 nitrogen and oxygen atoms in total. The van der Waals surface area contributed by atoms with Crippen LogP contribution < -0.4 is 0 Å². The lowest BCUT2D eigenvalue weighted by Gasteiger charge is -2.20. The zero-order valence-electron chi connectivity index (χ0n) is 12.1. The standard InChI is InChI=1S/C14H14N4O4S/c19-13(18-4-5-22-7-9(6-18)14(20)21)10-8-23-12(17-10)11-15-2-1-3-16-11/h1-3,8-9H,4-7H2,(H,20,21). The van der Waals surface area contributed by atoms with Gasteiger partial charge in [0.15, 0.2) is 10.8 Å². The first kappa shape index (κ1) is 15.5. The van der Waals surface area contributed by atoms with Crippen molar-refractivity contribution in [2.24, 2.45) is 5.92 Å². The normalized spacial score (nSPS) is 18.4. The molecule has 1 saturated heterocycles. The number of carbonyl (C=O) groups is 2. The van der Waals surface area contributed by atoms with Crippen LogP contribution in [0.2, 0.25) is 0 Å². The number of aliphatic carboxylic acids is 1. The Morgan fingerprint density at radius 2 is 2.13 bits per heavy atom. The lowest BCUT2D eigenvalue weighted by molar-refractivity contribution is -0.143. The van der Waals surface area contributed by atoms with E-state index in [1.165, 1.54) is 16.2 Å². The number of carboxylic acid groups (broad SMARTS) is 1. The molecule has 120 valence electrons. The van der Waals surface area contributed by atoms with Crippen LogP contribution in [0.25, 0.3) is 10.8 Å². The highest BCUT2D eigenvalue weighted by Crippen LogP contribution is 2.21. The highest BCUT2D eigenvalue weighted by atomic mass is 32.1. The van der Waals surface area contributed by atoms with E-state index < -0.39 is 11.9 Å². The smallest absolute Gasteiger partial charge is 0.310 e. The summed E-state index contributed by atoms with van der Waals surface area (Å²) in [5, 5.41) is 11.3. The fourth-order valence-corrected chi connectivity index (χ4v) is 2.93. The Kier molecular flexibility index (Phi) is 4.58. The van der Waals surface area contributed by atoms with E-state index in [1.807, 2.05) is 0 Å². The fourth-order valence-electron chi connectivity index (χ4n) is 2.19. The van der Waals surface area contributed by atoms with Gasteiger partial charge in [0.25, 0.3) is 5.91 Å². The van der Waals surface area contributed by atoms with Crippen molar-refractivity contribution in [1.82, 2.24) is 19.9 Å². The topological polar surface area (TPSA) is 106 Å². The van der Waals surface area contributed by atoms with Crippen molar-refractivity contribution in [3.63, 3.8) is 0 Å². The molecule has 0 aliphatic carbocycles. The van der Waals surface area contributed by atoms with Crippen LogP contribution in [0.15, 0.2) is 23.8 Å². The van der Waals surface area contributed by atoms with Crippen molar-refractivity contribution >= 4 is 23.2 Å². The van der Waals surface area contributed by atoms with Crippen LogP contribution in [-0.4, -0.2) is 63.1 Å². The Bertz CT molecular complexity index is 706. The number of nitrogens with zero attached hydrogens (tertiary/aromatic N) is 4. The van der Waals surface area contributed by atoms with Crippen LogP contribution >= 0.6 is 11.3 Å². The SMILES string of the molecule is O=C(O)C1COCCN(C(=O)c2csc(-c3ncccn3)n2)C1. The van der Waals surface area contributed by atoms with Gasteiger partial charge in [0.2, 0.25) is 0 Å². The maximum atomic E-state index is 12.5. The second-order valence-electron chi connectivity index (χ2n) is 4.97. The molecule has 0 spiro atoms. The predicted molar refractivity (Wildman–Crippen MR) is 81.0 cm³/mol. The highest BCUT2D eigenvalue weighted by molar-refractivity contribution is 7.13.